The monoisotopic (exact) mass is 452 g/mol. The summed E-state index contributed by atoms with van der Waals surface area (Å²) in [6, 6.07) is 8.71. The number of carbonyl (C=O) groups excluding carboxylic acids is 3. The van der Waals surface area contributed by atoms with Gasteiger partial charge in [0.1, 0.15) is 11.3 Å². The molecular weight excluding hydrogens is 428 g/mol. The van der Waals surface area contributed by atoms with E-state index in [1.807, 2.05) is 13.8 Å². The first kappa shape index (κ1) is 22.6. The van der Waals surface area contributed by atoms with Crippen LogP contribution in [0.15, 0.2) is 36.4 Å². The average molecular weight is 452 g/mol. The molecule has 172 valence electrons. The molecular formula is C24H24N2O7. The third-order valence-corrected chi connectivity index (χ3v) is 6.59. The van der Waals surface area contributed by atoms with Crippen molar-refractivity contribution < 1.29 is 29.2 Å². The number of rotatable bonds is 6. The number of benzene rings is 2. The SMILES string of the molecule is CCC(C)C(=O)C(=O)NC12C(=O)c3cccc([N+](=O)[O-])c3C1(O)Oc1cc(C(C)C)ccc12. The molecule has 0 radical (unpaired) electrons. The first-order valence-corrected chi connectivity index (χ1v) is 10.7. The lowest BCUT2D eigenvalue weighted by molar-refractivity contribution is -0.388. The highest BCUT2D eigenvalue weighted by molar-refractivity contribution is 6.37. The van der Waals surface area contributed by atoms with E-state index >= 15 is 0 Å². The summed E-state index contributed by atoms with van der Waals surface area (Å²) in [7, 11) is 0. The molecule has 9 nitrogen and oxygen atoms in total. The lowest BCUT2D eigenvalue weighted by atomic mass is 9.81. The largest absolute Gasteiger partial charge is 0.454 e. The lowest BCUT2D eigenvalue weighted by Crippen LogP contribution is -2.61. The first-order valence-electron chi connectivity index (χ1n) is 10.7. The highest BCUT2D eigenvalue weighted by Gasteiger charge is 2.73. The van der Waals surface area contributed by atoms with Crippen LogP contribution in [-0.4, -0.2) is 27.5 Å². The van der Waals surface area contributed by atoms with Gasteiger partial charge < -0.3 is 15.2 Å². The summed E-state index contributed by atoms with van der Waals surface area (Å²) in [5.41, 5.74) is -2.29. The molecule has 0 spiro atoms. The summed E-state index contributed by atoms with van der Waals surface area (Å²) in [6.45, 7) is 7.21. The van der Waals surface area contributed by atoms with Crippen molar-refractivity contribution >= 4 is 23.2 Å². The van der Waals surface area contributed by atoms with Gasteiger partial charge in [0.15, 0.2) is 0 Å². The van der Waals surface area contributed by atoms with Crippen LogP contribution in [-0.2, 0) is 20.9 Å². The highest BCUT2D eigenvalue weighted by Crippen LogP contribution is 2.60. The zero-order chi connectivity index (χ0) is 24.3. The van der Waals surface area contributed by atoms with Crippen molar-refractivity contribution in [1.29, 1.82) is 0 Å². The van der Waals surface area contributed by atoms with Crippen molar-refractivity contribution in [1.82, 2.24) is 5.32 Å². The number of ketones is 2. The van der Waals surface area contributed by atoms with Crippen LogP contribution >= 0.6 is 0 Å². The maximum absolute atomic E-state index is 13.8. The van der Waals surface area contributed by atoms with Crippen LogP contribution in [0, 0.1) is 16.0 Å². The fourth-order valence-electron chi connectivity index (χ4n) is 4.51. The molecule has 0 saturated heterocycles. The van der Waals surface area contributed by atoms with Gasteiger partial charge in [0.2, 0.25) is 17.1 Å². The maximum atomic E-state index is 13.8. The number of ether oxygens (including phenoxy) is 1. The van der Waals surface area contributed by atoms with E-state index in [0.717, 1.165) is 11.6 Å². The minimum Gasteiger partial charge on any atom is -0.454 e. The lowest BCUT2D eigenvalue weighted by Gasteiger charge is -2.34. The van der Waals surface area contributed by atoms with Crippen LogP contribution in [0.4, 0.5) is 5.69 Å². The van der Waals surface area contributed by atoms with Crippen molar-refractivity contribution in [3.8, 4) is 5.75 Å². The number of nitrogens with zero attached hydrogens (tertiary/aromatic N) is 1. The molecule has 2 aromatic carbocycles. The number of hydrogen-bond donors (Lipinski definition) is 2. The fourth-order valence-corrected chi connectivity index (χ4v) is 4.51. The number of Topliss-reactive ketones (excluding diaryl/α,β-unsaturated/α-hetero) is 2. The number of nitro benzene ring substituents is 1. The van der Waals surface area contributed by atoms with Gasteiger partial charge in [-0.3, -0.25) is 24.5 Å². The topological polar surface area (TPSA) is 136 Å². The second-order valence-electron chi connectivity index (χ2n) is 8.82. The zero-order valence-electron chi connectivity index (χ0n) is 18.7. The van der Waals surface area contributed by atoms with Gasteiger partial charge in [0.05, 0.1) is 4.92 Å². The maximum Gasteiger partial charge on any atom is 0.288 e. The molecule has 2 aromatic rings. The van der Waals surface area contributed by atoms with Gasteiger partial charge in [-0.25, -0.2) is 0 Å². The third-order valence-electron chi connectivity index (χ3n) is 6.59. The van der Waals surface area contributed by atoms with Gasteiger partial charge in [0.25, 0.3) is 17.4 Å². The van der Waals surface area contributed by atoms with Crippen LogP contribution < -0.4 is 10.1 Å². The van der Waals surface area contributed by atoms with Crippen LogP contribution in [0.2, 0.25) is 0 Å². The number of aliphatic hydroxyl groups is 1. The van der Waals surface area contributed by atoms with Crippen molar-refractivity contribution in [2.24, 2.45) is 5.92 Å². The third kappa shape index (κ3) is 2.92. The Morgan fingerprint density at radius 2 is 1.91 bits per heavy atom. The van der Waals surface area contributed by atoms with E-state index in [-0.39, 0.29) is 28.4 Å². The van der Waals surface area contributed by atoms with E-state index in [1.165, 1.54) is 12.1 Å². The Labute approximate surface area is 189 Å². The summed E-state index contributed by atoms with van der Waals surface area (Å²) in [6.07, 6.45) is 0.397. The molecule has 1 heterocycles. The second-order valence-corrected chi connectivity index (χ2v) is 8.82. The van der Waals surface area contributed by atoms with Crippen molar-refractivity contribution in [3.63, 3.8) is 0 Å². The van der Waals surface area contributed by atoms with E-state index in [0.29, 0.717) is 6.42 Å². The minimum atomic E-state index is -2.60. The Bertz CT molecular complexity index is 1220. The smallest absolute Gasteiger partial charge is 0.288 e. The van der Waals surface area contributed by atoms with Crippen LogP contribution in [0.3, 0.4) is 0 Å². The standard InChI is InChI=1S/C24H24N2O7/c1-5-13(4)20(27)22(29)25-23-16-10-9-14(12(2)3)11-18(16)33-24(23,30)19-15(21(23)28)7-6-8-17(19)26(31)32/h6-13,30H,5H2,1-4H3,(H,25,29). The van der Waals surface area contributed by atoms with E-state index in [9.17, 15) is 29.6 Å². The van der Waals surface area contributed by atoms with Gasteiger partial charge in [-0.05, 0) is 24.0 Å². The number of nitrogens with one attached hydrogen (secondary N) is 1. The number of nitro groups is 1. The van der Waals surface area contributed by atoms with Gasteiger partial charge in [-0.2, -0.15) is 0 Å². The number of amides is 1. The van der Waals surface area contributed by atoms with Crippen LogP contribution in [0.5, 0.6) is 5.75 Å². The van der Waals surface area contributed by atoms with Gasteiger partial charge in [0, 0.05) is 23.1 Å². The fraction of sp³-hybridized carbons (Fsp3) is 0.375. The Morgan fingerprint density at radius 1 is 1.21 bits per heavy atom. The first-order chi connectivity index (χ1) is 15.5. The van der Waals surface area contributed by atoms with Gasteiger partial charge in [-0.15, -0.1) is 0 Å². The summed E-state index contributed by atoms with van der Waals surface area (Å²) in [5.74, 6) is -5.65. The highest BCUT2D eigenvalue weighted by atomic mass is 16.6. The van der Waals surface area contributed by atoms with Crippen molar-refractivity contribution in [3.05, 3.63) is 68.8 Å². The molecule has 1 aliphatic heterocycles. The normalized spacial score (nSPS) is 23.4. The average Bonchev–Trinajstić information content (AvgIpc) is 3.14. The molecule has 2 N–H and O–H groups in total. The molecule has 4 rings (SSSR count). The molecule has 9 heteroatoms. The Balaban J connectivity index is 1.98. The molecule has 0 bridgehead atoms. The molecule has 0 aromatic heterocycles. The van der Waals surface area contributed by atoms with Crippen molar-refractivity contribution in [2.75, 3.05) is 0 Å². The second kappa shape index (κ2) is 7.48. The molecule has 3 atom stereocenters. The molecule has 0 fully saturated rings. The predicted molar refractivity (Wildman–Crippen MR) is 117 cm³/mol. The predicted octanol–water partition coefficient (Wildman–Crippen LogP) is 3.08. The Kier molecular flexibility index (Phi) is 5.12. The van der Waals surface area contributed by atoms with Crippen LogP contribution in [0.1, 0.15) is 67.1 Å². The van der Waals surface area contributed by atoms with E-state index in [4.69, 9.17) is 4.74 Å². The van der Waals surface area contributed by atoms with Crippen LogP contribution in [0.25, 0.3) is 0 Å². The summed E-state index contributed by atoms with van der Waals surface area (Å²) >= 11 is 0. The Morgan fingerprint density at radius 3 is 2.52 bits per heavy atom. The van der Waals surface area contributed by atoms with Gasteiger partial charge in [-0.1, -0.05) is 52.0 Å². The van der Waals surface area contributed by atoms with E-state index in [1.54, 1.807) is 32.0 Å². The molecule has 2 aliphatic rings. The zero-order valence-corrected chi connectivity index (χ0v) is 18.7. The molecule has 1 aliphatic carbocycles. The van der Waals surface area contributed by atoms with Crippen molar-refractivity contribution in [2.45, 2.75) is 51.4 Å². The molecule has 33 heavy (non-hydrogen) atoms. The summed E-state index contributed by atoms with van der Waals surface area (Å²) in [4.78, 5) is 50.4. The number of fused-ring (bicyclic) bond motifs is 5. The van der Waals surface area contributed by atoms with E-state index < -0.39 is 45.3 Å². The Hall–Kier alpha value is -3.59. The van der Waals surface area contributed by atoms with Gasteiger partial charge >= 0.3 is 0 Å². The quantitative estimate of drug-likeness (QED) is 0.390. The van der Waals surface area contributed by atoms with E-state index in [2.05, 4.69) is 5.32 Å². The molecule has 0 saturated carbocycles. The number of hydrogen-bond acceptors (Lipinski definition) is 7. The molecule has 1 amide bonds. The molecule has 3 unspecified atom stereocenters. The summed E-state index contributed by atoms with van der Waals surface area (Å²) in [5, 5.41) is 26.0. The minimum absolute atomic E-state index is 0.0869. The summed E-state index contributed by atoms with van der Waals surface area (Å²) < 4.78 is 5.87. The number of carbonyl (C=O) groups is 3.